The molecule has 0 aromatic heterocycles. The number of nitrogens with one attached hydrogen (secondary N) is 4. The molecule has 0 saturated carbocycles. The lowest BCUT2D eigenvalue weighted by Crippen LogP contribution is -2.54. The predicted molar refractivity (Wildman–Crippen MR) is 299 cm³/mol. The van der Waals surface area contributed by atoms with Crippen molar-refractivity contribution in [1.29, 1.82) is 0 Å². The summed E-state index contributed by atoms with van der Waals surface area (Å²) in [6.07, 6.45) is 7.74. The molecule has 2 aromatic rings. The molecule has 0 unspecified atom stereocenters. The second-order valence-electron chi connectivity index (χ2n) is 21.1. The molecule has 22 nitrogen and oxygen atoms in total. The van der Waals surface area contributed by atoms with Crippen molar-refractivity contribution in [2.75, 3.05) is 63.6 Å². The fourth-order valence-corrected chi connectivity index (χ4v) is 9.19. The summed E-state index contributed by atoms with van der Waals surface area (Å²) < 4.78 is 17.6. The van der Waals surface area contributed by atoms with Crippen LogP contribution in [-0.4, -0.2) is 152 Å². The Morgan fingerprint density at radius 3 is 2.16 bits per heavy atom. The largest absolute Gasteiger partial charge is 0.457 e. The number of amides is 9. The minimum atomic E-state index is -1.07. The quantitative estimate of drug-likeness (QED) is 0.0240. The van der Waals surface area contributed by atoms with Gasteiger partial charge in [-0.1, -0.05) is 70.5 Å². The maximum absolute atomic E-state index is 13.7. The first kappa shape index (κ1) is 62.8. The molecule has 6 N–H and O–H groups in total. The number of urea groups is 1. The summed E-state index contributed by atoms with van der Waals surface area (Å²) >= 11 is 0. The number of rotatable bonds is 22. The predicted octanol–water partition coefficient (Wildman–Crippen LogP) is 5.61. The van der Waals surface area contributed by atoms with E-state index in [4.69, 9.17) is 19.9 Å². The zero-order chi connectivity index (χ0) is 58.5. The van der Waals surface area contributed by atoms with Crippen LogP contribution in [0.1, 0.15) is 104 Å². The number of anilines is 2. The lowest BCUT2D eigenvalue weighted by atomic mass is 9.92. The Hall–Kier alpha value is -8.04. The maximum atomic E-state index is 13.7. The summed E-state index contributed by atoms with van der Waals surface area (Å²) in [5.41, 5.74) is 8.93. The smallest absolute Gasteiger partial charge is 0.410 e. The topological polar surface area (TPSA) is 285 Å². The lowest BCUT2D eigenvalue weighted by Gasteiger charge is -2.34. The number of unbranched alkanes of at least 4 members (excludes halogenated alkanes) is 2. The number of nitrogens with two attached hydrogens (primary N) is 1. The molecule has 1 saturated heterocycles. The summed E-state index contributed by atoms with van der Waals surface area (Å²) in [6.45, 7) is 10.2. The van der Waals surface area contributed by atoms with Crippen molar-refractivity contribution in [3.63, 3.8) is 0 Å². The first-order chi connectivity index (χ1) is 38.1. The van der Waals surface area contributed by atoms with E-state index >= 15 is 0 Å². The van der Waals surface area contributed by atoms with Gasteiger partial charge in [0.2, 0.25) is 17.7 Å². The van der Waals surface area contributed by atoms with Gasteiger partial charge < -0.3 is 55.9 Å². The van der Waals surface area contributed by atoms with E-state index in [1.165, 1.54) is 22.0 Å². The zero-order valence-corrected chi connectivity index (χ0v) is 47.0. The lowest BCUT2D eigenvalue weighted by molar-refractivity contribution is -0.151. The third kappa shape index (κ3) is 20.0. The molecule has 3 aliphatic rings. The number of hydrogen-bond acceptors (Lipinski definition) is 14. The van der Waals surface area contributed by atoms with E-state index in [-0.39, 0.29) is 119 Å². The fraction of sp³-hybridized carbons (Fsp3) is 0.517. The van der Waals surface area contributed by atoms with E-state index < -0.39 is 60.3 Å². The summed E-state index contributed by atoms with van der Waals surface area (Å²) in [7, 11) is 3.91. The Morgan fingerprint density at radius 1 is 0.838 bits per heavy atom. The highest BCUT2D eigenvalue weighted by atomic mass is 16.6. The molecular weight excluding hydrogens is 1030 g/mol. The highest BCUT2D eigenvalue weighted by molar-refractivity contribution is 6.12. The van der Waals surface area contributed by atoms with Crippen molar-refractivity contribution in [2.24, 2.45) is 23.5 Å². The van der Waals surface area contributed by atoms with E-state index in [0.29, 0.717) is 36.9 Å². The maximum Gasteiger partial charge on any atom is 0.410 e. The molecule has 3 heterocycles. The highest BCUT2D eigenvalue weighted by Gasteiger charge is 2.32. The number of ether oxygens (including phenoxy) is 3. The molecule has 2 aromatic carbocycles. The van der Waals surface area contributed by atoms with Gasteiger partial charge in [0, 0.05) is 95.7 Å². The van der Waals surface area contributed by atoms with Gasteiger partial charge in [-0.25, -0.2) is 14.4 Å². The number of carbonyl (C=O) groups is 10. The SMILES string of the molecule is C/C(=C\c1cccc(N(C)C)c1)[C@H]1OC(=O)CC(=O)CC[C@H](C)[C@@H](OC(=O)N2CCN(C(=O)OCc3ccc(NC(=O)[C@H](CCCNC(N)=O)NC(=O)[C@@H](NC(=O)CCCCCN4C(=O)C=CC4=O)C(C)C)cc3)CC2)/C=C/[C@@H]1C. The number of ketones is 1. The molecule has 22 heteroatoms. The number of carbonyl (C=O) groups excluding carboxylic acids is 10. The minimum Gasteiger partial charge on any atom is -0.457 e. The minimum absolute atomic E-state index is 0.0899. The summed E-state index contributed by atoms with van der Waals surface area (Å²) in [5.74, 6) is -4.03. The molecule has 80 heavy (non-hydrogen) atoms. The fourth-order valence-electron chi connectivity index (χ4n) is 9.19. The Kier molecular flexibility index (Phi) is 24.3. The first-order valence-electron chi connectivity index (χ1n) is 27.4. The Balaban J connectivity index is 1.10. The number of cyclic esters (lactones) is 1. The molecule has 5 rings (SSSR count). The van der Waals surface area contributed by atoms with E-state index in [1.54, 1.807) is 44.2 Å². The van der Waals surface area contributed by atoms with Gasteiger partial charge >= 0.3 is 24.2 Å². The number of esters is 1. The van der Waals surface area contributed by atoms with Crippen molar-refractivity contribution in [2.45, 2.75) is 123 Å². The second kappa shape index (κ2) is 30.9. The van der Waals surface area contributed by atoms with Gasteiger partial charge in [0.15, 0.2) is 0 Å². The van der Waals surface area contributed by atoms with Crippen LogP contribution in [0.25, 0.3) is 6.08 Å². The third-order valence-corrected chi connectivity index (χ3v) is 14.0. The summed E-state index contributed by atoms with van der Waals surface area (Å²) in [5, 5.41) is 10.8. The first-order valence-corrected chi connectivity index (χ1v) is 27.4. The van der Waals surface area contributed by atoms with Crippen LogP contribution in [-0.2, 0) is 54.4 Å². The van der Waals surface area contributed by atoms with Gasteiger partial charge in [-0.2, -0.15) is 0 Å². The van der Waals surface area contributed by atoms with Crippen LogP contribution in [0.3, 0.4) is 0 Å². The van der Waals surface area contributed by atoms with Crippen LogP contribution in [0.5, 0.6) is 0 Å². The van der Waals surface area contributed by atoms with Crippen LogP contribution in [0, 0.1) is 17.8 Å². The average molecular weight is 1110 g/mol. The Bertz CT molecular complexity index is 2610. The molecule has 0 aliphatic carbocycles. The Labute approximate surface area is 468 Å². The Morgan fingerprint density at radius 2 is 1.51 bits per heavy atom. The monoisotopic (exact) mass is 1110 g/mol. The van der Waals surface area contributed by atoms with Crippen molar-refractivity contribution in [3.05, 3.63) is 89.5 Å². The van der Waals surface area contributed by atoms with Crippen molar-refractivity contribution < 1.29 is 62.2 Å². The van der Waals surface area contributed by atoms with Gasteiger partial charge in [0.1, 0.15) is 43.1 Å². The number of hydrogen-bond donors (Lipinski definition) is 5. The van der Waals surface area contributed by atoms with Crippen LogP contribution in [0.4, 0.5) is 25.8 Å². The van der Waals surface area contributed by atoms with E-state index in [1.807, 2.05) is 76.2 Å². The van der Waals surface area contributed by atoms with Crippen molar-refractivity contribution in [3.8, 4) is 0 Å². The second-order valence-corrected chi connectivity index (χ2v) is 21.1. The van der Waals surface area contributed by atoms with Crippen LogP contribution >= 0.6 is 0 Å². The summed E-state index contributed by atoms with van der Waals surface area (Å²) in [6, 6.07) is 11.7. The van der Waals surface area contributed by atoms with Crippen molar-refractivity contribution >= 4 is 77.0 Å². The normalized spacial score (nSPS) is 20.1. The van der Waals surface area contributed by atoms with Crippen molar-refractivity contribution in [1.82, 2.24) is 30.7 Å². The third-order valence-electron chi connectivity index (χ3n) is 14.0. The number of primary amides is 1. The molecule has 1 fully saturated rings. The summed E-state index contributed by atoms with van der Waals surface area (Å²) in [4.78, 5) is 134. The molecular formula is C58H79N9O13. The number of piperazine rings is 1. The average Bonchev–Trinajstić information content (AvgIpc) is 3.76. The molecule has 9 amide bonds. The van der Waals surface area contributed by atoms with Crippen LogP contribution in [0.15, 0.2) is 78.4 Å². The molecule has 0 spiro atoms. The van der Waals surface area contributed by atoms with Gasteiger partial charge in [-0.3, -0.25) is 38.5 Å². The number of Topliss-reactive ketones (excluding diaryl/α,β-unsaturated/α-hetero) is 1. The van der Waals surface area contributed by atoms with Crippen LogP contribution in [0.2, 0.25) is 0 Å². The van der Waals surface area contributed by atoms with Gasteiger partial charge in [0.25, 0.3) is 11.8 Å². The van der Waals surface area contributed by atoms with Gasteiger partial charge in [-0.15, -0.1) is 0 Å². The molecule has 0 radical (unpaired) electrons. The standard InChI is InChI=1S/C58H79N9O13/c1-37(2)52(63-48(69)16-9-8-10-28-67-49(70)25-26-50(67)71)55(74)62-46(15-12-27-60-56(59)75)54(73)61-43-21-19-41(20-22-43)36-78-57(76)65-29-31-66(32-30-65)58(77)79-47-24-18-39(4)53(80-51(72)35-45(68)23-17-38(47)3)40(5)33-42-13-11-14-44(34-42)64(6)7/h11,13-14,18-22,24-26,33-34,37-39,46-47,52-53H,8-10,12,15-17,23,27-32,35-36H2,1-7H3,(H,61,73)(H,62,74)(H,63,69)(H3,59,60,75)/b24-18+,40-33+/t38-,39-,46-,47-,52-,53-/m0/s1. The molecule has 6 atom stereocenters. The number of nitrogens with zero attached hydrogens (tertiary/aromatic N) is 4. The molecule has 0 bridgehead atoms. The highest BCUT2D eigenvalue weighted by Crippen LogP contribution is 2.27. The van der Waals surface area contributed by atoms with Gasteiger partial charge in [0.05, 0.1) is 0 Å². The van der Waals surface area contributed by atoms with E-state index in [2.05, 4.69) is 21.3 Å². The molecule has 3 aliphatic heterocycles. The van der Waals surface area contributed by atoms with E-state index in [0.717, 1.165) is 21.7 Å². The van der Waals surface area contributed by atoms with Crippen LogP contribution < -0.4 is 31.9 Å². The van der Waals surface area contributed by atoms with E-state index in [9.17, 15) is 47.9 Å². The number of imide groups is 1. The molecule has 434 valence electrons. The zero-order valence-electron chi connectivity index (χ0n) is 47.0. The number of benzene rings is 2. The van der Waals surface area contributed by atoms with Gasteiger partial charge in [-0.05, 0) is 97.9 Å².